The normalized spacial score (nSPS) is 11.5. The summed E-state index contributed by atoms with van der Waals surface area (Å²) in [6.45, 7) is 13.3. The number of allylic oxidation sites excluding steroid dienone is 3. The molecule has 0 radical (unpaired) electrons. The highest BCUT2D eigenvalue weighted by Crippen LogP contribution is 2.35. The van der Waals surface area contributed by atoms with Crippen LogP contribution in [0.4, 0.5) is 0 Å². The number of ether oxygens (including phenoxy) is 2. The molecule has 33 heavy (non-hydrogen) atoms. The SMILES string of the molecule is C=CCOc1c(OC/C=C(\C)CCC=C(C)C)c2ccc(O)cc2n(CCCCCC)c1=O. The van der Waals surface area contributed by atoms with Gasteiger partial charge in [0.2, 0.25) is 5.75 Å². The van der Waals surface area contributed by atoms with E-state index in [1.54, 1.807) is 28.8 Å². The van der Waals surface area contributed by atoms with Gasteiger partial charge < -0.3 is 19.1 Å². The third-order valence-electron chi connectivity index (χ3n) is 5.49. The van der Waals surface area contributed by atoms with E-state index in [2.05, 4.69) is 40.3 Å². The number of unbranched alkanes of at least 4 members (excludes halogenated alkanes) is 3. The molecule has 2 aromatic rings. The van der Waals surface area contributed by atoms with Crippen LogP contribution in [0.1, 0.15) is 66.2 Å². The summed E-state index contributed by atoms with van der Waals surface area (Å²) in [6.07, 6.45) is 12.0. The largest absolute Gasteiger partial charge is 0.508 e. The highest BCUT2D eigenvalue weighted by Gasteiger charge is 2.20. The van der Waals surface area contributed by atoms with E-state index in [0.717, 1.165) is 43.9 Å². The number of aryl methyl sites for hydroxylation is 1. The number of phenolic OH excluding ortho intramolecular Hbond substituents is 1. The van der Waals surface area contributed by atoms with Gasteiger partial charge >= 0.3 is 0 Å². The average Bonchev–Trinajstić information content (AvgIpc) is 2.77. The van der Waals surface area contributed by atoms with Gasteiger partial charge in [-0.15, -0.1) is 0 Å². The quantitative estimate of drug-likeness (QED) is 0.249. The number of aromatic nitrogens is 1. The molecule has 0 saturated heterocycles. The molecule has 5 nitrogen and oxygen atoms in total. The average molecular weight is 454 g/mol. The fraction of sp³-hybridized carbons (Fsp3) is 0.464. The summed E-state index contributed by atoms with van der Waals surface area (Å²) < 4.78 is 13.6. The van der Waals surface area contributed by atoms with Gasteiger partial charge in [0.15, 0.2) is 5.75 Å². The monoisotopic (exact) mass is 453 g/mol. The van der Waals surface area contributed by atoms with Gasteiger partial charge in [-0.25, -0.2) is 0 Å². The van der Waals surface area contributed by atoms with Crippen LogP contribution in [0.25, 0.3) is 10.9 Å². The van der Waals surface area contributed by atoms with Crippen LogP contribution in [-0.4, -0.2) is 22.9 Å². The maximum atomic E-state index is 13.4. The molecule has 0 bridgehead atoms. The molecule has 0 amide bonds. The second-order valence-corrected chi connectivity index (χ2v) is 8.66. The molecule has 1 aromatic carbocycles. The summed E-state index contributed by atoms with van der Waals surface area (Å²) in [4.78, 5) is 13.4. The number of pyridine rings is 1. The molecule has 0 spiro atoms. The maximum Gasteiger partial charge on any atom is 0.297 e. The number of benzene rings is 1. The third kappa shape index (κ3) is 7.85. The van der Waals surface area contributed by atoms with Crippen molar-refractivity contribution in [1.29, 1.82) is 0 Å². The van der Waals surface area contributed by atoms with Gasteiger partial charge in [-0.05, 0) is 58.2 Å². The van der Waals surface area contributed by atoms with Gasteiger partial charge in [0.1, 0.15) is 19.0 Å². The third-order valence-corrected chi connectivity index (χ3v) is 5.49. The lowest BCUT2D eigenvalue weighted by atomic mass is 10.1. The first-order valence-electron chi connectivity index (χ1n) is 11.9. The van der Waals surface area contributed by atoms with Crippen molar-refractivity contribution in [3.63, 3.8) is 0 Å². The first-order valence-corrected chi connectivity index (χ1v) is 11.9. The van der Waals surface area contributed by atoms with Crippen LogP contribution in [0.5, 0.6) is 17.2 Å². The highest BCUT2D eigenvalue weighted by molar-refractivity contribution is 5.89. The van der Waals surface area contributed by atoms with Crippen molar-refractivity contribution in [2.45, 2.75) is 72.8 Å². The Hall–Kier alpha value is -2.95. The number of rotatable bonds is 14. The minimum Gasteiger partial charge on any atom is -0.508 e. The summed E-state index contributed by atoms with van der Waals surface area (Å²) in [5.74, 6) is 0.721. The van der Waals surface area contributed by atoms with E-state index in [9.17, 15) is 9.90 Å². The predicted octanol–water partition coefficient (Wildman–Crippen LogP) is 6.92. The van der Waals surface area contributed by atoms with E-state index < -0.39 is 0 Å². The molecule has 0 aliphatic carbocycles. The van der Waals surface area contributed by atoms with Crippen molar-refractivity contribution in [3.8, 4) is 17.2 Å². The van der Waals surface area contributed by atoms with Crippen LogP contribution in [0.15, 0.2) is 58.9 Å². The number of phenols is 1. The van der Waals surface area contributed by atoms with Crippen molar-refractivity contribution in [1.82, 2.24) is 4.57 Å². The zero-order valence-corrected chi connectivity index (χ0v) is 20.7. The Morgan fingerprint density at radius 2 is 1.82 bits per heavy atom. The topological polar surface area (TPSA) is 60.7 Å². The summed E-state index contributed by atoms with van der Waals surface area (Å²) in [7, 11) is 0. The Labute approximate surface area is 198 Å². The first-order chi connectivity index (χ1) is 15.9. The molecule has 0 fully saturated rings. The Morgan fingerprint density at radius 1 is 1.06 bits per heavy atom. The molecular formula is C28H39NO4. The smallest absolute Gasteiger partial charge is 0.297 e. The lowest BCUT2D eigenvalue weighted by Crippen LogP contribution is -2.24. The lowest BCUT2D eigenvalue weighted by molar-refractivity contribution is 0.304. The zero-order valence-electron chi connectivity index (χ0n) is 20.7. The minimum absolute atomic E-state index is 0.116. The van der Waals surface area contributed by atoms with Crippen molar-refractivity contribution < 1.29 is 14.6 Å². The van der Waals surface area contributed by atoms with Gasteiger partial charge in [0.25, 0.3) is 5.56 Å². The molecular weight excluding hydrogens is 414 g/mol. The fourth-order valence-electron chi connectivity index (χ4n) is 3.68. The van der Waals surface area contributed by atoms with Gasteiger partial charge in [-0.1, -0.05) is 56.1 Å². The van der Waals surface area contributed by atoms with Crippen LogP contribution in [-0.2, 0) is 6.54 Å². The summed E-state index contributed by atoms with van der Waals surface area (Å²) in [5.41, 5.74) is 2.95. The van der Waals surface area contributed by atoms with E-state index >= 15 is 0 Å². The van der Waals surface area contributed by atoms with Crippen LogP contribution in [0, 0.1) is 0 Å². The van der Waals surface area contributed by atoms with Crippen LogP contribution < -0.4 is 15.0 Å². The molecule has 0 saturated carbocycles. The van der Waals surface area contributed by atoms with E-state index in [1.807, 2.05) is 6.08 Å². The van der Waals surface area contributed by atoms with Gasteiger partial charge in [0, 0.05) is 18.0 Å². The Kier molecular flexibility index (Phi) is 10.8. The van der Waals surface area contributed by atoms with Crippen LogP contribution >= 0.6 is 0 Å². The van der Waals surface area contributed by atoms with Crippen molar-refractivity contribution in [3.05, 3.63) is 64.5 Å². The number of nitrogens with zero attached hydrogens (tertiary/aromatic N) is 1. The van der Waals surface area contributed by atoms with Gasteiger partial charge in [-0.3, -0.25) is 4.79 Å². The number of hydrogen-bond acceptors (Lipinski definition) is 4. The Balaban J connectivity index is 2.41. The molecule has 180 valence electrons. The summed E-state index contributed by atoms with van der Waals surface area (Å²) in [6, 6.07) is 5.02. The van der Waals surface area contributed by atoms with E-state index in [4.69, 9.17) is 9.47 Å². The molecule has 1 N–H and O–H groups in total. The van der Waals surface area contributed by atoms with Crippen molar-refractivity contribution >= 4 is 10.9 Å². The second-order valence-electron chi connectivity index (χ2n) is 8.66. The molecule has 2 rings (SSSR count). The summed E-state index contributed by atoms with van der Waals surface area (Å²) in [5, 5.41) is 10.9. The first kappa shape index (κ1) is 26.3. The van der Waals surface area contributed by atoms with Crippen LogP contribution in [0.3, 0.4) is 0 Å². The van der Waals surface area contributed by atoms with E-state index in [0.29, 0.717) is 24.4 Å². The second kappa shape index (κ2) is 13.6. The predicted molar refractivity (Wildman–Crippen MR) is 138 cm³/mol. The molecule has 0 atom stereocenters. The van der Waals surface area contributed by atoms with E-state index in [1.165, 1.54) is 11.1 Å². The fourth-order valence-corrected chi connectivity index (χ4v) is 3.68. The minimum atomic E-state index is -0.245. The molecule has 0 aliphatic rings. The summed E-state index contributed by atoms with van der Waals surface area (Å²) >= 11 is 0. The zero-order chi connectivity index (χ0) is 24.2. The van der Waals surface area contributed by atoms with Crippen molar-refractivity contribution in [2.75, 3.05) is 13.2 Å². The number of aromatic hydroxyl groups is 1. The van der Waals surface area contributed by atoms with Gasteiger partial charge in [-0.2, -0.15) is 0 Å². The van der Waals surface area contributed by atoms with Gasteiger partial charge in [0.05, 0.1) is 5.52 Å². The van der Waals surface area contributed by atoms with Crippen LogP contribution in [0.2, 0.25) is 0 Å². The molecule has 5 heteroatoms. The Bertz CT molecular complexity index is 1040. The van der Waals surface area contributed by atoms with E-state index in [-0.39, 0.29) is 23.7 Å². The van der Waals surface area contributed by atoms with Crippen molar-refractivity contribution in [2.24, 2.45) is 0 Å². The molecule has 0 aliphatic heterocycles. The molecule has 1 heterocycles. The lowest BCUT2D eigenvalue weighted by Gasteiger charge is -2.18. The number of hydrogen-bond donors (Lipinski definition) is 1. The molecule has 0 unspecified atom stereocenters. The standard InChI is InChI=1S/C28H39NO4/c1-6-8-9-10-17-29-25-20-23(30)14-15-24(25)26(27(28(29)31)32-18-7-2)33-19-16-22(5)13-11-12-21(3)4/h7,12,14-16,20,30H,2,6,8-11,13,17-19H2,1,3-5H3/b22-16+. The maximum absolute atomic E-state index is 13.4. The Morgan fingerprint density at radius 3 is 2.52 bits per heavy atom. The highest BCUT2D eigenvalue weighted by atomic mass is 16.5. The molecule has 1 aromatic heterocycles. The number of fused-ring (bicyclic) bond motifs is 1.